The largest absolute Gasteiger partial charge is 0.337 e. The van der Waals surface area contributed by atoms with E-state index in [2.05, 4.69) is 4.72 Å². The molecule has 5 nitrogen and oxygen atoms in total. The quantitative estimate of drug-likeness (QED) is 0.908. The molecule has 1 amide bonds. The molecule has 0 bridgehead atoms. The Kier molecular flexibility index (Phi) is 4.58. The smallest absolute Gasteiger partial charge is 0.256 e. The molecule has 1 atom stereocenters. The van der Waals surface area contributed by atoms with Crippen LogP contribution >= 0.6 is 0 Å². The van der Waals surface area contributed by atoms with Gasteiger partial charge >= 0.3 is 0 Å². The number of hydrogen-bond donors (Lipinski definition) is 1. The van der Waals surface area contributed by atoms with Gasteiger partial charge in [-0.3, -0.25) is 4.79 Å². The Morgan fingerprint density at radius 3 is 2.76 bits per heavy atom. The third-order valence-electron chi connectivity index (χ3n) is 3.25. The molecular weight excluding hydrogens is 302 g/mol. The van der Waals surface area contributed by atoms with Crippen molar-refractivity contribution in [3.05, 3.63) is 35.4 Å². The lowest BCUT2D eigenvalue weighted by Gasteiger charge is -2.32. The van der Waals surface area contributed by atoms with E-state index in [4.69, 9.17) is 0 Å². The standard InChI is InChI=1S/C13H16F2N2O3S/c1-21(19,20)16-10-3-2-6-17(8-10)13(18)11-7-9(14)4-5-12(11)15/h4-5,7,10,16H,2-3,6,8H2,1H3/t10-/m1/s1. The molecule has 1 heterocycles. The van der Waals surface area contributed by atoms with E-state index < -0.39 is 33.6 Å². The minimum Gasteiger partial charge on any atom is -0.337 e. The summed E-state index contributed by atoms with van der Waals surface area (Å²) in [6.07, 6.45) is 2.23. The van der Waals surface area contributed by atoms with Gasteiger partial charge in [-0.1, -0.05) is 0 Å². The monoisotopic (exact) mass is 318 g/mol. The molecule has 0 spiro atoms. The van der Waals surface area contributed by atoms with Gasteiger partial charge in [-0.05, 0) is 31.0 Å². The van der Waals surface area contributed by atoms with Crippen molar-refractivity contribution in [3.63, 3.8) is 0 Å². The predicted octanol–water partition coefficient (Wildman–Crippen LogP) is 1.12. The van der Waals surface area contributed by atoms with Crippen LogP contribution in [-0.2, 0) is 10.0 Å². The van der Waals surface area contributed by atoms with Gasteiger partial charge in [-0.25, -0.2) is 21.9 Å². The summed E-state index contributed by atoms with van der Waals surface area (Å²) in [7, 11) is -3.37. The maximum Gasteiger partial charge on any atom is 0.256 e. The zero-order chi connectivity index (χ0) is 15.6. The third-order valence-corrected chi connectivity index (χ3v) is 4.01. The van der Waals surface area contributed by atoms with Crippen molar-refractivity contribution >= 4 is 15.9 Å². The summed E-state index contributed by atoms with van der Waals surface area (Å²) in [5.74, 6) is -2.12. The summed E-state index contributed by atoms with van der Waals surface area (Å²) >= 11 is 0. The Morgan fingerprint density at radius 2 is 2.10 bits per heavy atom. The van der Waals surface area contributed by atoms with Crippen LogP contribution in [0.1, 0.15) is 23.2 Å². The second kappa shape index (κ2) is 6.07. The zero-order valence-corrected chi connectivity index (χ0v) is 12.3. The second-order valence-electron chi connectivity index (χ2n) is 5.10. The number of halogens is 2. The van der Waals surface area contributed by atoms with Gasteiger partial charge in [0.05, 0.1) is 11.8 Å². The van der Waals surface area contributed by atoms with E-state index in [0.717, 1.165) is 24.5 Å². The number of hydrogen-bond acceptors (Lipinski definition) is 3. The zero-order valence-electron chi connectivity index (χ0n) is 11.5. The van der Waals surface area contributed by atoms with E-state index >= 15 is 0 Å². The van der Waals surface area contributed by atoms with E-state index in [9.17, 15) is 22.0 Å². The molecule has 1 aromatic carbocycles. The van der Waals surface area contributed by atoms with Gasteiger partial charge in [-0.15, -0.1) is 0 Å². The van der Waals surface area contributed by atoms with Crippen molar-refractivity contribution in [1.29, 1.82) is 0 Å². The highest BCUT2D eigenvalue weighted by Gasteiger charge is 2.27. The molecular formula is C13H16F2N2O3S. The molecule has 1 fully saturated rings. The average molecular weight is 318 g/mol. The maximum atomic E-state index is 13.6. The van der Waals surface area contributed by atoms with E-state index in [0.29, 0.717) is 19.4 Å². The molecule has 0 unspecified atom stereocenters. The normalized spacial score (nSPS) is 19.6. The SMILES string of the molecule is CS(=O)(=O)N[C@@H]1CCCN(C(=O)c2cc(F)ccc2F)C1. The lowest BCUT2D eigenvalue weighted by Crippen LogP contribution is -2.49. The van der Waals surface area contributed by atoms with Gasteiger partial charge < -0.3 is 4.90 Å². The summed E-state index contributed by atoms with van der Waals surface area (Å²) in [5.41, 5.74) is -0.338. The van der Waals surface area contributed by atoms with E-state index in [1.807, 2.05) is 0 Å². The lowest BCUT2D eigenvalue weighted by atomic mass is 10.1. The Morgan fingerprint density at radius 1 is 1.38 bits per heavy atom. The predicted molar refractivity (Wildman–Crippen MR) is 73.3 cm³/mol. The van der Waals surface area contributed by atoms with Crippen molar-refractivity contribution in [2.45, 2.75) is 18.9 Å². The van der Waals surface area contributed by atoms with Crippen LogP contribution in [0.25, 0.3) is 0 Å². The van der Waals surface area contributed by atoms with E-state index in [-0.39, 0.29) is 12.1 Å². The fourth-order valence-electron chi connectivity index (χ4n) is 2.39. The minimum atomic E-state index is -3.37. The van der Waals surface area contributed by atoms with Crippen LogP contribution in [-0.4, -0.2) is 44.6 Å². The van der Waals surface area contributed by atoms with Gasteiger partial charge in [0.2, 0.25) is 10.0 Å². The summed E-state index contributed by atoms with van der Waals surface area (Å²) in [5, 5.41) is 0. The van der Waals surface area contributed by atoms with Crippen molar-refractivity contribution < 1.29 is 22.0 Å². The molecule has 1 aromatic rings. The first-order chi connectivity index (χ1) is 9.76. The van der Waals surface area contributed by atoms with Gasteiger partial charge in [0.25, 0.3) is 5.91 Å². The van der Waals surface area contributed by atoms with Crippen molar-refractivity contribution in [3.8, 4) is 0 Å². The summed E-state index contributed by atoms with van der Waals surface area (Å²) < 4.78 is 51.6. The number of piperidine rings is 1. The van der Waals surface area contributed by atoms with Gasteiger partial charge in [0.15, 0.2) is 0 Å². The molecule has 0 saturated carbocycles. The maximum absolute atomic E-state index is 13.6. The molecule has 1 N–H and O–H groups in total. The number of carbonyl (C=O) groups is 1. The Bertz CT molecular complexity index is 649. The molecule has 116 valence electrons. The lowest BCUT2D eigenvalue weighted by molar-refractivity contribution is 0.0698. The molecule has 0 aliphatic carbocycles. The van der Waals surface area contributed by atoms with Crippen LogP contribution < -0.4 is 4.72 Å². The number of nitrogens with zero attached hydrogens (tertiary/aromatic N) is 1. The Hall–Kier alpha value is -1.54. The number of carbonyl (C=O) groups excluding carboxylic acids is 1. The Balaban J connectivity index is 2.14. The van der Waals surface area contributed by atoms with Crippen molar-refractivity contribution in [1.82, 2.24) is 9.62 Å². The second-order valence-corrected chi connectivity index (χ2v) is 6.88. The summed E-state index contributed by atoms with van der Waals surface area (Å²) in [6, 6.07) is 2.29. The van der Waals surface area contributed by atoms with Crippen LogP contribution in [0.15, 0.2) is 18.2 Å². The van der Waals surface area contributed by atoms with Crippen LogP contribution in [0.5, 0.6) is 0 Å². The van der Waals surface area contributed by atoms with Gasteiger partial charge in [0.1, 0.15) is 11.6 Å². The van der Waals surface area contributed by atoms with Crippen LogP contribution in [0.4, 0.5) is 8.78 Å². The van der Waals surface area contributed by atoms with Crippen LogP contribution in [0.3, 0.4) is 0 Å². The molecule has 2 rings (SSSR count). The van der Waals surface area contributed by atoms with Crippen LogP contribution in [0, 0.1) is 11.6 Å². The first-order valence-electron chi connectivity index (χ1n) is 6.48. The highest BCUT2D eigenvalue weighted by Crippen LogP contribution is 2.17. The fourth-order valence-corrected chi connectivity index (χ4v) is 3.19. The first-order valence-corrected chi connectivity index (χ1v) is 8.37. The first kappa shape index (κ1) is 15.8. The van der Waals surface area contributed by atoms with Gasteiger partial charge in [0, 0.05) is 19.1 Å². The van der Waals surface area contributed by atoms with E-state index in [1.165, 1.54) is 4.90 Å². The van der Waals surface area contributed by atoms with E-state index in [1.54, 1.807) is 0 Å². The number of likely N-dealkylation sites (tertiary alicyclic amines) is 1. The third kappa shape index (κ3) is 4.21. The molecule has 0 radical (unpaired) electrons. The molecule has 0 aromatic heterocycles. The number of sulfonamides is 1. The summed E-state index contributed by atoms with van der Waals surface area (Å²) in [4.78, 5) is 13.6. The number of rotatable bonds is 3. The van der Waals surface area contributed by atoms with Crippen molar-refractivity contribution in [2.75, 3.05) is 19.3 Å². The highest BCUT2D eigenvalue weighted by atomic mass is 32.2. The number of benzene rings is 1. The Labute approximate surface area is 122 Å². The molecule has 1 aliphatic rings. The van der Waals surface area contributed by atoms with Gasteiger partial charge in [-0.2, -0.15) is 0 Å². The fraction of sp³-hybridized carbons (Fsp3) is 0.462. The summed E-state index contributed by atoms with van der Waals surface area (Å²) in [6.45, 7) is 0.526. The molecule has 21 heavy (non-hydrogen) atoms. The van der Waals surface area contributed by atoms with Crippen LogP contribution in [0.2, 0.25) is 0 Å². The van der Waals surface area contributed by atoms with Crippen molar-refractivity contribution in [2.24, 2.45) is 0 Å². The average Bonchev–Trinajstić information content (AvgIpc) is 2.39. The highest BCUT2D eigenvalue weighted by molar-refractivity contribution is 7.88. The molecule has 8 heteroatoms. The topological polar surface area (TPSA) is 66.5 Å². The minimum absolute atomic E-state index is 0.141. The number of amides is 1. The molecule has 1 saturated heterocycles. The molecule has 1 aliphatic heterocycles. The number of nitrogens with one attached hydrogen (secondary N) is 1.